The second kappa shape index (κ2) is 7.59. The summed E-state index contributed by atoms with van der Waals surface area (Å²) in [5, 5.41) is 13.5. The highest BCUT2D eigenvalue weighted by molar-refractivity contribution is 7.99. The predicted octanol–water partition coefficient (Wildman–Crippen LogP) is 3.09. The number of halogens is 1. The van der Waals surface area contributed by atoms with Gasteiger partial charge in [0.25, 0.3) is 0 Å². The molecule has 0 atom stereocenters. The Morgan fingerprint density at radius 2 is 2.12 bits per heavy atom. The molecule has 1 amide bonds. The Hall–Kier alpha value is -2.19. The zero-order valence-electron chi connectivity index (χ0n) is 12.9. The molecule has 0 saturated heterocycles. The first-order chi connectivity index (χ1) is 11.6. The largest absolute Gasteiger partial charge is 0.350 e. The van der Waals surface area contributed by atoms with E-state index in [1.807, 2.05) is 17.5 Å². The van der Waals surface area contributed by atoms with Gasteiger partial charge in [-0.15, -0.1) is 21.5 Å². The lowest BCUT2D eigenvalue weighted by Gasteiger charge is -2.05. The van der Waals surface area contributed by atoms with Gasteiger partial charge in [0.15, 0.2) is 11.0 Å². The van der Waals surface area contributed by atoms with Crippen molar-refractivity contribution in [1.29, 1.82) is 0 Å². The van der Waals surface area contributed by atoms with Crippen molar-refractivity contribution < 1.29 is 9.18 Å². The first-order valence-corrected chi connectivity index (χ1v) is 9.08. The van der Waals surface area contributed by atoms with E-state index in [-0.39, 0.29) is 17.5 Å². The molecule has 0 bridgehead atoms. The van der Waals surface area contributed by atoms with Gasteiger partial charge in [-0.3, -0.25) is 4.79 Å². The Morgan fingerprint density at radius 1 is 1.29 bits per heavy atom. The molecule has 0 fully saturated rings. The Kier molecular flexibility index (Phi) is 5.27. The number of nitrogens with one attached hydrogen (secondary N) is 1. The van der Waals surface area contributed by atoms with E-state index in [1.165, 1.54) is 17.8 Å². The summed E-state index contributed by atoms with van der Waals surface area (Å²) in [5.41, 5.74) is 0.390. The van der Waals surface area contributed by atoms with Crippen LogP contribution in [0.2, 0.25) is 0 Å². The number of carbonyl (C=O) groups excluding carboxylic acids is 1. The smallest absolute Gasteiger partial charge is 0.230 e. The van der Waals surface area contributed by atoms with Crippen LogP contribution in [0.3, 0.4) is 0 Å². The molecule has 2 aromatic heterocycles. The molecular formula is C16H15FN4OS2. The molecule has 5 nitrogen and oxygen atoms in total. The zero-order chi connectivity index (χ0) is 16.9. The van der Waals surface area contributed by atoms with Gasteiger partial charge in [0, 0.05) is 11.9 Å². The Morgan fingerprint density at radius 3 is 2.88 bits per heavy atom. The molecule has 0 aliphatic heterocycles. The van der Waals surface area contributed by atoms with Gasteiger partial charge in [0.05, 0.1) is 17.9 Å². The standard InChI is InChI=1S/C16H15FN4OS2/c1-21-15(12-6-2-3-7-13(12)17)19-20-16(21)24-10-14(22)18-9-11-5-4-8-23-11/h2-8H,9-10H2,1H3,(H,18,22). The molecule has 8 heteroatoms. The average Bonchev–Trinajstić information content (AvgIpc) is 3.22. The highest BCUT2D eigenvalue weighted by atomic mass is 32.2. The summed E-state index contributed by atoms with van der Waals surface area (Å²) >= 11 is 2.87. The van der Waals surface area contributed by atoms with Gasteiger partial charge in [0.1, 0.15) is 5.82 Å². The number of amides is 1. The fourth-order valence-electron chi connectivity index (χ4n) is 2.10. The molecule has 2 heterocycles. The van der Waals surface area contributed by atoms with Crippen LogP contribution in [0.25, 0.3) is 11.4 Å². The first-order valence-electron chi connectivity index (χ1n) is 7.21. The number of rotatable bonds is 6. The second-order valence-electron chi connectivity index (χ2n) is 4.99. The molecule has 1 aromatic carbocycles. The summed E-state index contributed by atoms with van der Waals surface area (Å²) in [7, 11) is 1.76. The third-order valence-electron chi connectivity index (χ3n) is 3.32. The van der Waals surface area contributed by atoms with E-state index in [0.29, 0.717) is 23.1 Å². The van der Waals surface area contributed by atoms with Gasteiger partial charge in [-0.05, 0) is 23.6 Å². The molecule has 0 saturated carbocycles. The van der Waals surface area contributed by atoms with Crippen LogP contribution in [0.15, 0.2) is 46.9 Å². The number of carbonyl (C=O) groups is 1. The SMILES string of the molecule is Cn1c(SCC(=O)NCc2cccs2)nnc1-c1ccccc1F. The minimum Gasteiger partial charge on any atom is -0.350 e. The van der Waals surface area contributed by atoms with Gasteiger partial charge in [-0.1, -0.05) is 30.0 Å². The van der Waals surface area contributed by atoms with Crippen LogP contribution in [0, 0.1) is 5.82 Å². The highest BCUT2D eigenvalue weighted by Gasteiger charge is 2.15. The zero-order valence-corrected chi connectivity index (χ0v) is 14.5. The van der Waals surface area contributed by atoms with E-state index in [4.69, 9.17) is 0 Å². The fourth-order valence-corrected chi connectivity index (χ4v) is 3.48. The second-order valence-corrected chi connectivity index (χ2v) is 6.96. The van der Waals surface area contributed by atoms with Crippen LogP contribution in [0.5, 0.6) is 0 Å². The summed E-state index contributed by atoms with van der Waals surface area (Å²) in [6, 6.07) is 10.3. The minimum absolute atomic E-state index is 0.0798. The number of hydrogen-bond acceptors (Lipinski definition) is 5. The summed E-state index contributed by atoms with van der Waals surface area (Å²) in [5.74, 6) is 0.242. The number of nitrogens with zero attached hydrogens (tertiary/aromatic N) is 3. The van der Waals surface area contributed by atoms with Gasteiger partial charge in [-0.25, -0.2) is 4.39 Å². The van der Waals surface area contributed by atoms with Crippen molar-refractivity contribution in [2.75, 3.05) is 5.75 Å². The normalized spacial score (nSPS) is 10.8. The molecule has 0 aliphatic carbocycles. The minimum atomic E-state index is -0.349. The molecule has 124 valence electrons. The quantitative estimate of drug-likeness (QED) is 0.685. The summed E-state index contributed by atoms with van der Waals surface area (Å²) in [6.45, 7) is 0.524. The third kappa shape index (κ3) is 3.82. The topological polar surface area (TPSA) is 59.8 Å². The van der Waals surface area contributed by atoms with Crippen LogP contribution < -0.4 is 5.32 Å². The highest BCUT2D eigenvalue weighted by Crippen LogP contribution is 2.24. The van der Waals surface area contributed by atoms with Crippen molar-refractivity contribution in [1.82, 2.24) is 20.1 Å². The summed E-state index contributed by atoms with van der Waals surface area (Å²) < 4.78 is 15.6. The van der Waals surface area contributed by atoms with E-state index in [1.54, 1.807) is 41.2 Å². The van der Waals surface area contributed by atoms with Gasteiger partial charge in [0.2, 0.25) is 5.91 Å². The van der Waals surface area contributed by atoms with Crippen LogP contribution in [0.1, 0.15) is 4.88 Å². The van der Waals surface area contributed by atoms with Crippen molar-refractivity contribution in [3.63, 3.8) is 0 Å². The van der Waals surface area contributed by atoms with Gasteiger partial charge in [-0.2, -0.15) is 0 Å². The molecule has 3 rings (SSSR count). The molecular weight excluding hydrogens is 347 g/mol. The monoisotopic (exact) mass is 362 g/mol. The van der Waals surface area contributed by atoms with Crippen LogP contribution in [0.4, 0.5) is 4.39 Å². The van der Waals surface area contributed by atoms with Crippen LogP contribution >= 0.6 is 23.1 Å². The molecule has 1 N–H and O–H groups in total. The van der Waals surface area contributed by atoms with Crippen molar-refractivity contribution in [3.05, 3.63) is 52.5 Å². The average molecular weight is 362 g/mol. The number of thiophene rings is 1. The molecule has 0 unspecified atom stereocenters. The van der Waals surface area contributed by atoms with E-state index < -0.39 is 0 Å². The van der Waals surface area contributed by atoms with E-state index in [2.05, 4.69) is 15.5 Å². The Labute approximate surface area is 146 Å². The number of benzene rings is 1. The number of thioether (sulfide) groups is 1. The fraction of sp³-hybridized carbons (Fsp3) is 0.188. The molecule has 24 heavy (non-hydrogen) atoms. The van der Waals surface area contributed by atoms with Crippen molar-refractivity contribution >= 4 is 29.0 Å². The van der Waals surface area contributed by atoms with Crippen molar-refractivity contribution in [2.45, 2.75) is 11.7 Å². The maximum Gasteiger partial charge on any atom is 0.230 e. The summed E-state index contributed by atoms with van der Waals surface area (Å²) in [6.07, 6.45) is 0. The molecule has 0 radical (unpaired) electrons. The maximum absolute atomic E-state index is 13.9. The molecule has 0 aliphatic rings. The van der Waals surface area contributed by atoms with Crippen LogP contribution in [-0.4, -0.2) is 26.4 Å². The number of aromatic nitrogens is 3. The summed E-state index contributed by atoms with van der Waals surface area (Å²) in [4.78, 5) is 13.0. The lowest BCUT2D eigenvalue weighted by molar-refractivity contribution is -0.118. The maximum atomic E-state index is 13.9. The van der Waals surface area contributed by atoms with E-state index >= 15 is 0 Å². The van der Waals surface area contributed by atoms with Crippen LogP contribution in [-0.2, 0) is 18.4 Å². The first kappa shape index (κ1) is 16.7. The molecule has 3 aromatic rings. The molecule has 0 spiro atoms. The van der Waals surface area contributed by atoms with Gasteiger partial charge < -0.3 is 9.88 Å². The van der Waals surface area contributed by atoms with E-state index in [9.17, 15) is 9.18 Å². The number of hydrogen-bond donors (Lipinski definition) is 1. The third-order valence-corrected chi connectivity index (χ3v) is 5.22. The lowest BCUT2D eigenvalue weighted by atomic mass is 10.2. The van der Waals surface area contributed by atoms with Crippen molar-refractivity contribution in [2.24, 2.45) is 7.05 Å². The Bertz CT molecular complexity index is 832. The predicted molar refractivity (Wildman–Crippen MR) is 93.3 cm³/mol. The van der Waals surface area contributed by atoms with Crippen molar-refractivity contribution in [3.8, 4) is 11.4 Å². The lowest BCUT2D eigenvalue weighted by Crippen LogP contribution is -2.24. The van der Waals surface area contributed by atoms with E-state index in [0.717, 1.165) is 4.88 Å². The Balaban J connectivity index is 1.60. The van der Waals surface area contributed by atoms with Gasteiger partial charge >= 0.3 is 0 Å².